The summed E-state index contributed by atoms with van der Waals surface area (Å²) in [6, 6.07) is 5.01. The Morgan fingerprint density at radius 1 is 1.14 bits per heavy atom. The molecule has 3 rings (SSSR count). The van der Waals surface area contributed by atoms with Crippen LogP contribution >= 0.6 is 0 Å². The highest BCUT2D eigenvalue weighted by atomic mass is 19.4. The number of ether oxygens (including phenoxy) is 6. The number of amides is 1. The van der Waals surface area contributed by atoms with Gasteiger partial charge in [-0.2, -0.15) is 13.2 Å². The molecule has 1 N–H and O–H groups in total. The number of aromatic nitrogens is 1. The molecule has 0 bridgehead atoms. The molecule has 0 radical (unpaired) electrons. The van der Waals surface area contributed by atoms with Crippen LogP contribution in [0.1, 0.15) is 48.8 Å². The number of nitrogens with one attached hydrogen (secondary N) is 1. The molecule has 0 saturated carbocycles. The lowest BCUT2D eigenvalue weighted by Gasteiger charge is -2.30. The number of hydrogen-bond donors (Lipinski definition) is 1. The van der Waals surface area contributed by atoms with Crippen molar-refractivity contribution in [1.82, 2.24) is 10.3 Å². The van der Waals surface area contributed by atoms with Gasteiger partial charge in [0.15, 0.2) is 23.2 Å². The number of cyclic esters (lactones) is 1. The molecule has 11 nitrogen and oxygen atoms in total. The van der Waals surface area contributed by atoms with Crippen molar-refractivity contribution < 1.29 is 56.0 Å². The van der Waals surface area contributed by atoms with Gasteiger partial charge in [-0.15, -0.1) is 0 Å². The summed E-state index contributed by atoms with van der Waals surface area (Å²) in [5.41, 5.74) is -0.372. The van der Waals surface area contributed by atoms with Crippen molar-refractivity contribution in [3.05, 3.63) is 53.3 Å². The minimum absolute atomic E-state index is 0.0664. The number of pyridine rings is 1. The number of halogens is 3. The number of benzene rings is 1. The van der Waals surface area contributed by atoms with Gasteiger partial charge >= 0.3 is 18.1 Å². The van der Waals surface area contributed by atoms with Gasteiger partial charge in [-0.05, 0) is 37.5 Å². The van der Waals surface area contributed by atoms with E-state index in [0.717, 1.165) is 12.1 Å². The molecule has 0 spiro atoms. The molecule has 2 aromatic rings. The Morgan fingerprint density at radius 2 is 1.86 bits per heavy atom. The first-order chi connectivity index (χ1) is 20.4. The first kappa shape index (κ1) is 33.6. The van der Waals surface area contributed by atoms with E-state index in [1.807, 2.05) is 6.92 Å². The van der Waals surface area contributed by atoms with E-state index in [-0.39, 0.29) is 36.3 Å². The average Bonchev–Trinajstić information content (AvgIpc) is 3.00. The molecule has 1 aromatic heterocycles. The smallest absolute Gasteiger partial charge is 0.416 e. The van der Waals surface area contributed by atoms with Crippen molar-refractivity contribution >= 4 is 17.8 Å². The minimum Gasteiger partial charge on any atom is -0.493 e. The van der Waals surface area contributed by atoms with E-state index < -0.39 is 54.6 Å². The number of hydrogen-bond acceptors (Lipinski definition) is 10. The van der Waals surface area contributed by atoms with Gasteiger partial charge in [0.1, 0.15) is 6.10 Å². The van der Waals surface area contributed by atoms with Crippen molar-refractivity contribution in [2.24, 2.45) is 5.92 Å². The Kier molecular flexibility index (Phi) is 12.1. The highest BCUT2D eigenvalue weighted by Gasteiger charge is 2.36. The van der Waals surface area contributed by atoms with Crippen molar-refractivity contribution in [3.63, 3.8) is 0 Å². The molecule has 4 atom stereocenters. The van der Waals surface area contributed by atoms with E-state index in [0.29, 0.717) is 25.0 Å². The maximum Gasteiger partial charge on any atom is 0.416 e. The fourth-order valence-electron chi connectivity index (χ4n) is 4.44. The van der Waals surface area contributed by atoms with Crippen molar-refractivity contribution in [3.8, 4) is 11.5 Å². The number of methoxy groups -OCH3 is 1. The third-order valence-corrected chi connectivity index (χ3v) is 6.50. The lowest BCUT2D eigenvalue weighted by molar-refractivity contribution is -0.160. The summed E-state index contributed by atoms with van der Waals surface area (Å²) in [5, 5.41) is 2.54. The van der Waals surface area contributed by atoms with Crippen LogP contribution in [0, 0.1) is 5.92 Å². The molecule has 1 aliphatic heterocycles. The van der Waals surface area contributed by atoms with Gasteiger partial charge < -0.3 is 33.7 Å². The monoisotopic (exact) mass is 612 g/mol. The number of rotatable bonds is 11. The first-order valence-electron chi connectivity index (χ1n) is 13.6. The van der Waals surface area contributed by atoms with Gasteiger partial charge in [-0.25, -0.2) is 9.78 Å². The molecular weight excluding hydrogens is 577 g/mol. The van der Waals surface area contributed by atoms with E-state index in [1.54, 1.807) is 6.92 Å². The van der Waals surface area contributed by atoms with Crippen LogP contribution in [-0.4, -0.2) is 74.8 Å². The second kappa shape index (κ2) is 15.5. The molecule has 236 valence electrons. The zero-order valence-electron chi connectivity index (χ0n) is 24.3. The minimum atomic E-state index is -4.45. The molecule has 1 amide bonds. The summed E-state index contributed by atoms with van der Waals surface area (Å²) in [4.78, 5) is 41.6. The van der Waals surface area contributed by atoms with Gasteiger partial charge in [-0.1, -0.05) is 19.1 Å². The van der Waals surface area contributed by atoms with Crippen molar-refractivity contribution in [1.29, 1.82) is 0 Å². The van der Waals surface area contributed by atoms with Crippen LogP contribution in [0.4, 0.5) is 13.2 Å². The van der Waals surface area contributed by atoms with Gasteiger partial charge in [0.05, 0.1) is 32.0 Å². The summed E-state index contributed by atoms with van der Waals surface area (Å²) in [6.07, 6.45) is -3.60. The summed E-state index contributed by atoms with van der Waals surface area (Å²) in [5.74, 6) is -2.57. The summed E-state index contributed by atoms with van der Waals surface area (Å²) >= 11 is 0. The van der Waals surface area contributed by atoms with Crippen LogP contribution in [-0.2, 0) is 41.1 Å². The summed E-state index contributed by atoms with van der Waals surface area (Å²) in [6.45, 7) is 4.39. The van der Waals surface area contributed by atoms with E-state index >= 15 is 0 Å². The Bertz CT molecular complexity index is 1240. The van der Waals surface area contributed by atoms with Gasteiger partial charge in [-0.3, -0.25) is 9.59 Å². The maximum atomic E-state index is 13.2. The van der Waals surface area contributed by atoms with Gasteiger partial charge in [0.2, 0.25) is 6.79 Å². The largest absolute Gasteiger partial charge is 0.493 e. The fraction of sp³-hybridized carbons (Fsp3) is 0.517. The number of nitrogens with zero attached hydrogens (tertiary/aromatic N) is 1. The van der Waals surface area contributed by atoms with Gasteiger partial charge in [0, 0.05) is 31.7 Å². The lowest BCUT2D eigenvalue weighted by Crippen LogP contribution is -2.46. The van der Waals surface area contributed by atoms with Crippen LogP contribution in [0.15, 0.2) is 36.5 Å². The second-order valence-electron chi connectivity index (χ2n) is 9.79. The van der Waals surface area contributed by atoms with Crippen molar-refractivity contribution in [2.45, 2.75) is 58.0 Å². The van der Waals surface area contributed by atoms with Crippen LogP contribution in [0.25, 0.3) is 0 Å². The fourth-order valence-corrected chi connectivity index (χ4v) is 4.44. The number of esters is 2. The SMILES string of the molecule is CCCO[C@@H]1[C@@H](Cc2ccc(C(F)(F)F)cc2)COC[C@H](NC(=O)c2nccc(OC)c2OCOC(C)=O)C(=O)O[C@H]1C. The molecule has 14 heteroatoms. The van der Waals surface area contributed by atoms with Crippen molar-refractivity contribution in [2.75, 3.05) is 33.7 Å². The quantitative estimate of drug-likeness (QED) is 0.296. The molecule has 0 unspecified atom stereocenters. The number of alkyl halides is 3. The lowest BCUT2D eigenvalue weighted by atomic mass is 9.91. The molecule has 1 saturated heterocycles. The normalized spacial score (nSPS) is 21.0. The van der Waals surface area contributed by atoms with E-state index in [2.05, 4.69) is 10.3 Å². The third kappa shape index (κ3) is 9.55. The number of carbonyl (C=O) groups excluding carboxylic acids is 3. The third-order valence-electron chi connectivity index (χ3n) is 6.50. The highest BCUT2D eigenvalue weighted by molar-refractivity contribution is 5.98. The summed E-state index contributed by atoms with van der Waals surface area (Å²) < 4.78 is 72.1. The molecule has 1 aromatic carbocycles. The van der Waals surface area contributed by atoms with E-state index in [4.69, 9.17) is 28.4 Å². The van der Waals surface area contributed by atoms with Gasteiger partial charge in [0.25, 0.3) is 5.91 Å². The molecule has 2 heterocycles. The summed E-state index contributed by atoms with van der Waals surface area (Å²) in [7, 11) is 1.35. The molecule has 43 heavy (non-hydrogen) atoms. The van der Waals surface area contributed by atoms with E-state index in [9.17, 15) is 27.6 Å². The second-order valence-corrected chi connectivity index (χ2v) is 9.79. The standard InChI is InChI=1S/C29H35F3N2O9/c1-5-12-40-25-17(2)43-28(37)22(15-39-14-20(25)13-19-6-8-21(9-7-19)29(30,31)32)34-27(36)24-26(42-16-41-18(3)35)23(38-4)10-11-33-24/h6-11,17,20,22,25H,5,12-16H2,1-4H3,(H,34,36)/t17-,20-,22-,25-/m0/s1. The average molecular weight is 613 g/mol. The zero-order chi connectivity index (χ0) is 31.6. The zero-order valence-corrected chi connectivity index (χ0v) is 24.3. The predicted octanol–water partition coefficient (Wildman–Crippen LogP) is 3.72. The van der Waals surface area contributed by atoms with Crippen LogP contribution in [0.3, 0.4) is 0 Å². The van der Waals surface area contributed by atoms with E-state index in [1.165, 1.54) is 38.4 Å². The Balaban J connectivity index is 1.79. The molecule has 0 aliphatic carbocycles. The topological polar surface area (TPSA) is 132 Å². The maximum absolute atomic E-state index is 13.2. The van der Waals surface area contributed by atoms with Crippen LogP contribution in [0.5, 0.6) is 11.5 Å². The number of carbonyl (C=O) groups is 3. The van der Waals surface area contributed by atoms with Crippen LogP contribution < -0.4 is 14.8 Å². The molecular formula is C29H35F3N2O9. The Morgan fingerprint density at radius 3 is 2.49 bits per heavy atom. The molecule has 1 fully saturated rings. The predicted molar refractivity (Wildman–Crippen MR) is 144 cm³/mol. The Hall–Kier alpha value is -3.91. The first-order valence-corrected chi connectivity index (χ1v) is 13.6. The highest BCUT2D eigenvalue weighted by Crippen LogP contribution is 2.31. The Labute approximate surface area is 246 Å². The molecule has 1 aliphatic rings. The van der Waals surface area contributed by atoms with Crippen LogP contribution in [0.2, 0.25) is 0 Å².